The SMILES string of the molecule is CCN(Cc1nc(-c2ccc(OC)c(OC)c2)no1)C(=O)c1ccc(F)cc1. The molecule has 3 aromatic rings. The summed E-state index contributed by atoms with van der Waals surface area (Å²) in [6.45, 7) is 2.42. The van der Waals surface area contributed by atoms with Crippen LogP contribution in [0.4, 0.5) is 4.39 Å². The van der Waals surface area contributed by atoms with E-state index in [1.165, 1.54) is 24.3 Å². The average molecular weight is 385 g/mol. The number of carbonyl (C=O) groups is 1. The van der Waals surface area contributed by atoms with Crippen molar-refractivity contribution in [1.29, 1.82) is 0 Å². The Morgan fingerprint density at radius 1 is 1.11 bits per heavy atom. The summed E-state index contributed by atoms with van der Waals surface area (Å²) in [4.78, 5) is 18.5. The maximum absolute atomic E-state index is 13.1. The second-order valence-corrected chi connectivity index (χ2v) is 5.91. The first-order chi connectivity index (χ1) is 13.5. The smallest absolute Gasteiger partial charge is 0.254 e. The minimum Gasteiger partial charge on any atom is -0.493 e. The summed E-state index contributed by atoms with van der Waals surface area (Å²) in [5.74, 6) is 1.18. The van der Waals surface area contributed by atoms with Crippen molar-refractivity contribution in [3.05, 3.63) is 59.7 Å². The van der Waals surface area contributed by atoms with Gasteiger partial charge in [0.15, 0.2) is 11.5 Å². The van der Waals surface area contributed by atoms with Crippen LogP contribution in [0.15, 0.2) is 47.0 Å². The third kappa shape index (κ3) is 4.11. The molecule has 0 atom stereocenters. The van der Waals surface area contributed by atoms with Crippen LogP contribution >= 0.6 is 0 Å². The molecule has 1 heterocycles. The van der Waals surface area contributed by atoms with Crippen molar-refractivity contribution in [2.45, 2.75) is 13.5 Å². The van der Waals surface area contributed by atoms with Crippen molar-refractivity contribution >= 4 is 5.91 Å². The van der Waals surface area contributed by atoms with Crippen molar-refractivity contribution < 1.29 is 23.2 Å². The molecule has 0 aliphatic carbocycles. The Balaban J connectivity index is 1.77. The Labute approximate surface area is 161 Å². The van der Waals surface area contributed by atoms with E-state index in [2.05, 4.69) is 10.1 Å². The number of ether oxygens (including phenoxy) is 2. The monoisotopic (exact) mass is 385 g/mol. The predicted molar refractivity (Wildman–Crippen MR) is 99.7 cm³/mol. The number of halogens is 1. The number of methoxy groups -OCH3 is 2. The molecule has 8 heteroatoms. The molecule has 0 spiro atoms. The zero-order valence-electron chi connectivity index (χ0n) is 15.8. The molecule has 0 aliphatic rings. The topological polar surface area (TPSA) is 77.7 Å². The van der Waals surface area contributed by atoms with Crippen LogP contribution in [0.5, 0.6) is 11.5 Å². The fraction of sp³-hybridized carbons (Fsp3) is 0.250. The first kappa shape index (κ1) is 19.3. The summed E-state index contributed by atoms with van der Waals surface area (Å²) in [6.07, 6.45) is 0. The first-order valence-electron chi connectivity index (χ1n) is 8.65. The van der Waals surface area contributed by atoms with Crippen LogP contribution in [0.1, 0.15) is 23.2 Å². The molecular formula is C20H20FN3O4. The van der Waals surface area contributed by atoms with Crippen molar-refractivity contribution in [2.24, 2.45) is 0 Å². The average Bonchev–Trinajstić information content (AvgIpc) is 3.20. The van der Waals surface area contributed by atoms with E-state index < -0.39 is 5.82 Å². The van der Waals surface area contributed by atoms with Crippen LogP contribution < -0.4 is 9.47 Å². The molecule has 1 amide bonds. The molecule has 0 unspecified atom stereocenters. The highest BCUT2D eigenvalue weighted by Crippen LogP contribution is 2.31. The van der Waals surface area contributed by atoms with Gasteiger partial charge in [0.1, 0.15) is 12.4 Å². The fourth-order valence-corrected chi connectivity index (χ4v) is 2.68. The molecule has 3 rings (SSSR count). The van der Waals surface area contributed by atoms with Crippen LogP contribution in [0.2, 0.25) is 0 Å². The number of hydrogen-bond acceptors (Lipinski definition) is 6. The molecule has 28 heavy (non-hydrogen) atoms. The maximum atomic E-state index is 13.1. The van der Waals surface area contributed by atoms with Gasteiger partial charge in [-0.05, 0) is 49.4 Å². The number of amides is 1. The summed E-state index contributed by atoms with van der Waals surface area (Å²) in [7, 11) is 3.10. The van der Waals surface area contributed by atoms with E-state index >= 15 is 0 Å². The highest BCUT2D eigenvalue weighted by atomic mass is 19.1. The predicted octanol–water partition coefficient (Wildman–Crippen LogP) is 3.56. The minimum absolute atomic E-state index is 0.146. The normalized spacial score (nSPS) is 10.6. The number of nitrogens with zero attached hydrogens (tertiary/aromatic N) is 3. The third-order valence-corrected chi connectivity index (χ3v) is 4.20. The Morgan fingerprint density at radius 2 is 1.82 bits per heavy atom. The highest BCUT2D eigenvalue weighted by Gasteiger charge is 2.19. The Kier molecular flexibility index (Phi) is 5.88. The van der Waals surface area contributed by atoms with Crippen LogP contribution in [-0.4, -0.2) is 41.7 Å². The molecule has 0 saturated carbocycles. The summed E-state index contributed by atoms with van der Waals surface area (Å²) < 4.78 is 28.9. The lowest BCUT2D eigenvalue weighted by Gasteiger charge is -2.18. The van der Waals surface area contributed by atoms with Crippen molar-refractivity contribution in [1.82, 2.24) is 15.0 Å². The van der Waals surface area contributed by atoms with E-state index in [1.807, 2.05) is 6.92 Å². The number of hydrogen-bond donors (Lipinski definition) is 0. The molecule has 0 aliphatic heterocycles. The standard InChI is InChI=1S/C20H20FN3O4/c1-4-24(20(25)13-5-8-15(21)9-6-13)12-18-22-19(23-28-18)14-7-10-16(26-2)17(11-14)27-3/h5-11H,4,12H2,1-3H3. The zero-order valence-corrected chi connectivity index (χ0v) is 15.8. The van der Waals surface area contributed by atoms with Crippen LogP contribution in [0, 0.1) is 5.82 Å². The molecule has 0 N–H and O–H groups in total. The quantitative estimate of drug-likeness (QED) is 0.619. The van der Waals surface area contributed by atoms with Crippen LogP contribution in [-0.2, 0) is 6.54 Å². The van der Waals surface area contributed by atoms with E-state index in [0.717, 1.165) is 0 Å². The molecule has 0 radical (unpaired) electrons. The van der Waals surface area contributed by atoms with Gasteiger partial charge in [-0.3, -0.25) is 4.79 Å². The minimum atomic E-state index is -0.393. The number of carbonyl (C=O) groups excluding carboxylic acids is 1. The lowest BCUT2D eigenvalue weighted by Crippen LogP contribution is -2.30. The largest absolute Gasteiger partial charge is 0.493 e. The van der Waals surface area contributed by atoms with E-state index in [0.29, 0.717) is 40.9 Å². The number of aromatic nitrogens is 2. The molecule has 7 nitrogen and oxygen atoms in total. The molecule has 1 aromatic heterocycles. The van der Waals surface area contributed by atoms with Gasteiger partial charge >= 0.3 is 0 Å². The highest BCUT2D eigenvalue weighted by molar-refractivity contribution is 5.94. The molecule has 0 fully saturated rings. The fourth-order valence-electron chi connectivity index (χ4n) is 2.68. The Morgan fingerprint density at radius 3 is 2.46 bits per heavy atom. The van der Waals surface area contributed by atoms with E-state index in [1.54, 1.807) is 37.3 Å². The van der Waals surface area contributed by atoms with E-state index in [9.17, 15) is 9.18 Å². The van der Waals surface area contributed by atoms with Crippen LogP contribution in [0.25, 0.3) is 11.4 Å². The summed E-state index contributed by atoms with van der Waals surface area (Å²) in [5, 5.41) is 3.98. The van der Waals surface area contributed by atoms with Crippen molar-refractivity contribution in [2.75, 3.05) is 20.8 Å². The van der Waals surface area contributed by atoms with E-state index in [-0.39, 0.29) is 12.5 Å². The lowest BCUT2D eigenvalue weighted by molar-refractivity contribution is 0.0734. The summed E-state index contributed by atoms with van der Waals surface area (Å²) in [5.41, 5.74) is 1.09. The van der Waals surface area contributed by atoms with Gasteiger partial charge in [-0.1, -0.05) is 5.16 Å². The van der Waals surface area contributed by atoms with Crippen molar-refractivity contribution in [3.8, 4) is 22.9 Å². The van der Waals surface area contributed by atoms with Crippen LogP contribution in [0.3, 0.4) is 0 Å². The number of benzene rings is 2. The third-order valence-electron chi connectivity index (χ3n) is 4.20. The Hall–Kier alpha value is -3.42. The molecule has 2 aromatic carbocycles. The van der Waals surface area contributed by atoms with E-state index in [4.69, 9.17) is 14.0 Å². The zero-order chi connectivity index (χ0) is 20.1. The second kappa shape index (κ2) is 8.51. The molecule has 0 saturated heterocycles. The van der Waals surface area contributed by atoms with Gasteiger partial charge in [-0.2, -0.15) is 4.98 Å². The van der Waals surface area contributed by atoms with Gasteiger partial charge in [0.05, 0.1) is 14.2 Å². The van der Waals surface area contributed by atoms with Gasteiger partial charge in [0.2, 0.25) is 11.7 Å². The maximum Gasteiger partial charge on any atom is 0.254 e. The second-order valence-electron chi connectivity index (χ2n) is 5.91. The van der Waals surface area contributed by atoms with Gasteiger partial charge in [-0.15, -0.1) is 0 Å². The van der Waals surface area contributed by atoms with Gasteiger partial charge in [0, 0.05) is 17.7 Å². The van der Waals surface area contributed by atoms with Gasteiger partial charge in [0.25, 0.3) is 5.91 Å². The number of rotatable bonds is 7. The molecule has 0 bridgehead atoms. The Bertz CT molecular complexity index is 956. The molecule has 146 valence electrons. The molecular weight excluding hydrogens is 365 g/mol. The van der Waals surface area contributed by atoms with Gasteiger partial charge in [-0.25, -0.2) is 4.39 Å². The first-order valence-corrected chi connectivity index (χ1v) is 8.65. The lowest BCUT2D eigenvalue weighted by atomic mass is 10.2. The van der Waals surface area contributed by atoms with Crippen molar-refractivity contribution in [3.63, 3.8) is 0 Å². The van der Waals surface area contributed by atoms with Gasteiger partial charge < -0.3 is 18.9 Å². The summed E-state index contributed by atoms with van der Waals surface area (Å²) >= 11 is 0. The summed E-state index contributed by atoms with van der Waals surface area (Å²) in [6, 6.07) is 10.7.